The first kappa shape index (κ1) is 20.6. The van der Waals surface area contributed by atoms with Crippen molar-refractivity contribution in [2.45, 2.75) is 25.3 Å². The van der Waals surface area contributed by atoms with E-state index in [0.29, 0.717) is 54.8 Å². The Hall–Kier alpha value is -2.65. The van der Waals surface area contributed by atoms with E-state index in [9.17, 15) is 9.59 Å². The van der Waals surface area contributed by atoms with Crippen LogP contribution >= 0.6 is 11.8 Å². The number of nitrogens with zero attached hydrogens (tertiary/aromatic N) is 2. The Balaban J connectivity index is 1.73. The molecule has 0 atom stereocenters. The van der Waals surface area contributed by atoms with Crippen molar-refractivity contribution in [2.75, 3.05) is 37.8 Å². The van der Waals surface area contributed by atoms with Crippen molar-refractivity contribution >= 4 is 29.5 Å². The Morgan fingerprint density at radius 2 is 1.77 bits per heavy atom. The normalized spacial score (nSPS) is 19.0. The standard InChI is InChI=1S/C21H25N5O3S/c1-12-5-13(2)15-6-14(12)16-7-18(26-20(22)25-16)30-4-3-17(27)23-8-21(10-29-11-21)9-24-19(15)28/h5-7H,3-4,8-11H2,1-2H3,(H,23,27)(H,24,28)(H2,22,25,26). The summed E-state index contributed by atoms with van der Waals surface area (Å²) in [7, 11) is 0. The number of anilines is 1. The molecule has 0 unspecified atom stereocenters. The first-order chi connectivity index (χ1) is 14.3. The second-order valence-electron chi connectivity index (χ2n) is 7.98. The highest BCUT2D eigenvalue weighted by Gasteiger charge is 2.39. The highest BCUT2D eigenvalue weighted by atomic mass is 32.2. The van der Waals surface area contributed by atoms with Crippen LogP contribution in [0.15, 0.2) is 23.2 Å². The van der Waals surface area contributed by atoms with E-state index in [-0.39, 0.29) is 23.2 Å². The number of ether oxygens (including phenoxy) is 1. The highest BCUT2D eigenvalue weighted by Crippen LogP contribution is 2.30. The topological polar surface area (TPSA) is 119 Å². The molecule has 3 heterocycles. The van der Waals surface area contributed by atoms with Crippen LogP contribution in [0.4, 0.5) is 5.95 Å². The van der Waals surface area contributed by atoms with Crippen LogP contribution in [-0.4, -0.2) is 53.8 Å². The van der Waals surface area contributed by atoms with Crippen molar-refractivity contribution in [1.29, 1.82) is 0 Å². The fraction of sp³-hybridized carbons (Fsp3) is 0.429. The summed E-state index contributed by atoms with van der Waals surface area (Å²) in [6.45, 7) is 5.84. The number of fused-ring (bicyclic) bond motifs is 5. The van der Waals surface area contributed by atoms with Gasteiger partial charge in [-0.15, -0.1) is 11.8 Å². The molecule has 158 valence electrons. The number of carbonyl (C=O) groups excluding carboxylic acids is 2. The molecule has 0 radical (unpaired) electrons. The molecule has 1 spiro atoms. The average Bonchev–Trinajstić information content (AvgIpc) is 2.65. The minimum atomic E-state index is -0.265. The van der Waals surface area contributed by atoms with E-state index in [0.717, 1.165) is 16.7 Å². The number of thioether (sulfide) groups is 1. The largest absolute Gasteiger partial charge is 0.380 e. The molecule has 4 N–H and O–H groups in total. The van der Waals surface area contributed by atoms with E-state index in [2.05, 4.69) is 20.6 Å². The van der Waals surface area contributed by atoms with E-state index in [1.54, 1.807) is 0 Å². The zero-order valence-corrected chi connectivity index (χ0v) is 17.9. The van der Waals surface area contributed by atoms with Gasteiger partial charge in [0.1, 0.15) is 5.03 Å². The lowest BCUT2D eigenvalue weighted by Gasteiger charge is -2.41. The van der Waals surface area contributed by atoms with E-state index < -0.39 is 0 Å². The summed E-state index contributed by atoms with van der Waals surface area (Å²) in [6.07, 6.45) is 0.362. The Morgan fingerprint density at radius 1 is 1.03 bits per heavy atom. The molecule has 4 rings (SSSR count). The van der Waals surface area contributed by atoms with Gasteiger partial charge in [0.25, 0.3) is 5.91 Å². The third-order valence-corrected chi connectivity index (χ3v) is 6.41. The molecule has 30 heavy (non-hydrogen) atoms. The summed E-state index contributed by atoms with van der Waals surface area (Å²) in [5, 5.41) is 6.70. The number of benzene rings is 1. The van der Waals surface area contributed by atoms with Crippen molar-refractivity contribution in [3.63, 3.8) is 0 Å². The molecule has 2 aromatic rings. The van der Waals surface area contributed by atoms with Gasteiger partial charge < -0.3 is 21.1 Å². The molecular weight excluding hydrogens is 402 g/mol. The minimum absolute atomic E-state index is 0.0358. The van der Waals surface area contributed by atoms with Crippen LogP contribution in [0, 0.1) is 19.3 Å². The predicted octanol–water partition coefficient (Wildman–Crippen LogP) is 1.70. The quantitative estimate of drug-likeness (QED) is 0.548. The lowest BCUT2D eigenvalue weighted by Crippen LogP contribution is -2.56. The number of rotatable bonds is 0. The van der Waals surface area contributed by atoms with Gasteiger partial charge in [0.2, 0.25) is 11.9 Å². The molecule has 2 aliphatic heterocycles. The molecule has 0 saturated carbocycles. The number of hydrogen-bond donors (Lipinski definition) is 3. The Kier molecular flexibility index (Phi) is 5.66. The van der Waals surface area contributed by atoms with E-state index in [1.807, 2.05) is 32.0 Å². The van der Waals surface area contributed by atoms with Crippen molar-refractivity contribution < 1.29 is 14.3 Å². The lowest BCUT2D eigenvalue weighted by atomic mass is 9.85. The SMILES string of the molecule is Cc1cc(C)c2cc1C(=O)NCC1(CNC(=O)CCSc3cc-2nc(N)n3)COC1. The van der Waals surface area contributed by atoms with Crippen molar-refractivity contribution in [1.82, 2.24) is 20.6 Å². The fourth-order valence-corrected chi connectivity index (χ4v) is 4.52. The van der Waals surface area contributed by atoms with Gasteiger partial charge >= 0.3 is 0 Å². The van der Waals surface area contributed by atoms with Gasteiger partial charge in [0.15, 0.2) is 0 Å². The van der Waals surface area contributed by atoms with Gasteiger partial charge in [0, 0.05) is 36.4 Å². The number of aromatic nitrogens is 2. The van der Waals surface area contributed by atoms with Gasteiger partial charge in [-0.05, 0) is 37.1 Å². The van der Waals surface area contributed by atoms with Crippen LogP contribution in [0.1, 0.15) is 27.9 Å². The summed E-state index contributed by atoms with van der Waals surface area (Å²) in [5.74, 6) is 0.556. The second-order valence-corrected chi connectivity index (χ2v) is 9.10. The summed E-state index contributed by atoms with van der Waals surface area (Å²) in [6, 6.07) is 5.71. The number of carbonyl (C=O) groups is 2. The van der Waals surface area contributed by atoms with E-state index in [1.165, 1.54) is 11.8 Å². The van der Waals surface area contributed by atoms with Gasteiger partial charge in [-0.1, -0.05) is 6.07 Å². The second kappa shape index (κ2) is 8.23. The van der Waals surface area contributed by atoms with Crippen molar-refractivity contribution in [2.24, 2.45) is 5.41 Å². The Morgan fingerprint density at radius 3 is 2.50 bits per heavy atom. The van der Waals surface area contributed by atoms with E-state index in [4.69, 9.17) is 10.5 Å². The fourth-order valence-electron chi connectivity index (χ4n) is 3.67. The van der Waals surface area contributed by atoms with E-state index >= 15 is 0 Å². The molecule has 0 aliphatic carbocycles. The molecule has 4 bridgehead atoms. The molecule has 1 aromatic heterocycles. The van der Waals surface area contributed by atoms with Crippen LogP contribution in [0.2, 0.25) is 0 Å². The summed E-state index contributed by atoms with van der Waals surface area (Å²) in [5.41, 5.74) is 9.66. The third-order valence-electron chi connectivity index (χ3n) is 5.49. The van der Waals surface area contributed by atoms with Crippen LogP contribution < -0.4 is 16.4 Å². The molecule has 1 saturated heterocycles. The molecule has 9 heteroatoms. The number of amides is 2. The van der Waals surface area contributed by atoms with Crippen molar-refractivity contribution in [3.8, 4) is 11.3 Å². The summed E-state index contributed by atoms with van der Waals surface area (Å²) < 4.78 is 5.38. The number of nitrogens with one attached hydrogen (secondary N) is 2. The first-order valence-electron chi connectivity index (χ1n) is 9.87. The molecular formula is C21H25N5O3S. The summed E-state index contributed by atoms with van der Waals surface area (Å²) in [4.78, 5) is 33.9. The van der Waals surface area contributed by atoms with Crippen molar-refractivity contribution in [3.05, 3.63) is 34.9 Å². The number of nitrogens with two attached hydrogens (primary N) is 1. The monoisotopic (exact) mass is 427 g/mol. The minimum Gasteiger partial charge on any atom is -0.380 e. The Labute approximate surface area is 179 Å². The van der Waals surface area contributed by atoms with Crippen LogP contribution in [-0.2, 0) is 9.53 Å². The average molecular weight is 428 g/mol. The van der Waals surface area contributed by atoms with Gasteiger partial charge in [0.05, 0.1) is 24.3 Å². The van der Waals surface area contributed by atoms with Crippen LogP contribution in [0.3, 0.4) is 0 Å². The van der Waals surface area contributed by atoms with Gasteiger partial charge in [-0.3, -0.25) is 9.59 Å². The lowest BCUT2D eigenvalue weighted by molar-refractivity contribution is -0.128. The zero-order valence-electron chi connectivity index (χ0n) is 17.1. The smallest absolute Gasteiger partial charge is 0.251 e. The number of nitrogen functional groups attached to an aromatic ring is 1. The first-order valence-corrected chi connectivity index (χ1v) is 10.9. The number of hydrogen-bond acceptors (Lipinski definition) is 7. The third kappa shape index (κ3) is 4.27. The zero-order chi connectivity index (χ0) is 21.3. The molecule has 8 nitrogen and oxygen atoms in total. The van der Waals surface area contributed by atoms with Crippen LogP contribution in [0.25, 0.3) is 11.3 Å². The van der Waals surface area contributed by atoms with Crippen LogP contribution in [0.5, 0.6) is 0 Å². The Bertz CT molecular complexity index is 1010. The van der Waals surface area contributed by atoms with Gasteiger partial charge in [-0.2, -0.15) is 0 Å². The molecule has 1 fully saturated rings. The molecule has 2 amide bonds. The maximum absolute atomic E-state index is 13.0. The highest BCUT2D eigenvalue weighted by molar-refractivity contribution is 7.99. The van der Waals surface area contributed by atoms with Gasteiger partial charge in [-0.25, -0.2) is 9.97 Å². The molecule has 1 aromatic carbocycles. The number of aryl methyl sites for hydroxylation is 2. The molecule has 2 aliphatic rings. The summed E-state index contributed by atoms with van der Waals surface area (Å²) >= 11 is 1.46. The predicted molar refractivity (Wildman–Crippen MR) is 115 cm³/mol. The maximum Gasteiger partial charge on any atom is 0.251 e. The maximum atomic E-state index is 13.0.